The van der Waals surface area contributed by atoms with E-state index in [1.165, 1.54) is 9.75 Å². The first kappa shape index (κ1) is 11.4. The standard InChI is InChI=1S/C12H17N3S/c1-10(2)13-8-11-4-5-12(16-11)9-15-7-3-6-14-15/h3-7,10,13H,8-9H2,1-2H3. The predicted molar refractivity (Wildman–Crippen MR) is 67.6 cm³/mol. The van der Waals surface area contributed by atoms with Crippen LogP contribution in [-0.4, -0.2) is 15.8 Å². The zero-order valence-corrected chi connectivity index (χ0v) is 10.5. The van der Waals surface area contributed by atoms with E-state index in [0.29, 0.717) is 6.04 Å². The average molecular weight is 235 g/mol. The molecule has 0 atom stereocenters. The highest BCUT2D eigenvalue weighted by molar-refractivity contribution is 7.11. The summed E-state index contributed by atoms with van der Waals surface area (Å²) in [6, 6.07) is 6.87. The first-order valence-corrected chi connectivity index (χ1v) is 6.34. The Labute approximate surface area is 100 Å². The van der Waals surface area contributed by atoms with Crippen molar-refractivity contribution in [2.24, 2.45) is 0 Å². The number of hydrogen-bond acceptors (Lipinski definition) is 3. The fourth-order valence-corrected chi connectivity index (χ4v) is 2.42. The third-order valence-corrected chi connectivity index (χ3v) is 3.35. The lowest BCUT2D eigenvalue weighted by molar-refractivity contribution is 0.593. The number of thiophene rings is 1. The van der Waals surface area contributed by atoms with Crippen LogP contribution in [0.15, 0.2) is 30.6 Å². The van der Waals surface area contributed by atoms with Gasteiger partial charge in [0.15, 0.2) is 0 Å². The minimum atomic E-state index is 0.539. The molecule has 0 bridgehead atoms. The van der Waals surface area contributed by atoms with E-state index in [0.717, 1.165) is 13.1 Å². The van der Waals surface area contributed by atoms with E-state index in [-0.39, 0.29) is 0 Å². The van der Waals surface area contributed by atoms with Gasteiger partial charge in [-0.2, -0.15) is 5.10 Å². The van der Waals surface area contributed by atoms with Gasteiger partial charge in [-0.15, -0.1) is 11.3 Å². The zero-order chi connectivity index (χ0) is 11.4. The van der Waals surface area contributed by atoms with Crippen LogP contribution in [0, 0.1) is 0 Å². The zero-order valence-electron chi connectivity index (χ0n) is 9.68. The topological polar surface area (TPSA) is 29.9 Å². The van der Waals surface area contributed by atoms with Gasteiger partial charge in [-0.25, -0.2) is 0 Å². The summed E-state index contributed by atoms with van der Waals surface area (Å²) in [6.07, 6.45) is 3.81. The van der Waals surface area contributed by atoms with Crippen LogP contribution in [0.25, 0.3) is 0 Å². The second-order valence-corrected chi connectivity index (χ2v) is 5.36. The first-order valence-electron chi connectivity index (χ1n) is 5.52. The van der Waals surface area contributed by atoms with Gasteiger partial charge in [-0.3, -0.25) is 4.68 Å². The van der Waals surface area contributed by atoms with Crippen molar-refractivity contribution in [2.45, 2.75) is 33.0 Å². The van der Waals surface area contributed by atoms with Gasteiger partial charge in [-0.1, -0.05) is 13.8 Å². The maximum atomic E-state index is 4.20. The van der Waals surface area contributed by atoms with E-state index >= 15 is 0 Å². The molecule has 2 aromatic rings. The number of hydrogen-bond donors (Lipinski definition) is 1. The molecule has 4 heteroatoms. The molecule has 0 aliphatic carbocycles. The summed E-state index contributed by atoms with van der Waals surface area (Å²) in [5, 5.41) is 7.62. The lowest BCUT2D eigenvalue weighted by Crippen LogP contribution is -2.21. The minimum absolute atomic E-state index is 0.539. The predicted octanol–water partition coefficient (Wildman–Crippen LogP) is 2.49. The van der Waals surface area contributed by atoms with E-state index in [9.17, 15) is 0 Å². The van der Waals surface area contributed by atoms with Gasteiger partial charge in [0.05, 0.1) is 6.54 Å². The Balaban J connectivity index is 1.92. The van der Waals surface area contributed by atoms with Crippen molar-refractivity contribution in [1.82, 2.24) is 15.1 Å². The van der Waals surface area contributed by atoms with Gasteiger partial charge < -0.3 is 5.32 Å². The summed E-state index contributed by atoms with van der Waals surface area (Å²) < 4.78 is 1.95. The SMILES string of the molecule is CC(C)NCc1ccc(Cn2cccn2)s1. The Morgan fingerprint density at radius 1 is 1.38 bits per heavy atom. The average Bonchev–Trinajstić information content (AvgIpc) is 2.87. The highest BCUT2D eigenvalue weighted by Gasteiger charge is 2.01. The minimum Gasteiger partial charge on any atom is -0.310 e. The maximum absolute atomic E-state index is 4.20. The van der Waals surface area contributed by atoms with Gasteiger partial charge in [-0.05, 0) is 18.2 Å². The first-order chi connectivity index (χ1) is 7.74. The Kier molecular flexibility index (Phi) is 3.74. The second-order valence-electron chi connectivity index (χ2n) is 4.11. The third-order valence-electron chi connectivity index (χ3n) is 2.28. The number of nitrogens with one attached hydrogen (secondary N) is 1. The van der Waals surface area contributed by atoms with Crippen molar-refractivity contribution in [3.05, 3.63) is 40.3 Å². The van der Waals surface area contributed by atoms with Crippen LogP contribution >= 0.6 is 11.3 Å². The molecule has 0 aliphatic heterocycles. The Morgan fingerprint density at radius 3 is 2.88 bits per heavy atom. The molecule has 0 fully saturated rings. The van der Waals surface area contributed by atoms with Crippen LogP contribution in [0.5, 0.6) is 0 Å². The molecule has 0 spiro atoms. The van der Waals surface area contributed by atoms with Crippen LogP contribution in [0.1, 0.15) is 23.6 Å². The van der Waals surface area contributed by atoms with Crippen LogP contribution in [0.2, 0.25) is 0 Å². The van der Waals surface area contributed by atoms with Gasteiger partial charge in [0.1, 0.15) is 0 Å². The van der Waals surface area contributed by atoms with Crippen molar-refractivity contribution in [3.8, 4) is 0 Å². The molecule has 2 aromatic heterocycles. The molecule has 16 heavy (non-hydrogen) atoms. The normalized spacial score (nSPS) is 11.2. The van der Waals surface area contributed by atoms with Crippen molar-refractivity contribution in [1.29, 1.82) is 0 Å². The lowest BCUT2D eigenvalue weighted by atomic mass is 10.3. The second kappa shape index (κ2) is 5.27. The Bertz CT molecular complexity index is 417. The van der Waals surface area contributed by atoms with Crippen LogP contribution in [0.4, 0.5) is 0 Å². The molecule has 0 aromatic carbocycles. The third kappa shape index (κ3) is 3.18. The molecule has 0 unspecified atom stereocenters. The number of nitrogens with zero attached hydrogens (tertiary/aromatic N) is 2. The van der Waals surface area contributed by atoms with Crippen molar-refractivity contribution >= 4 is 11.3 Å². The van der Waals surface area contributed by atoms with Crippen LogP contribution in [-0.2, 0) is 13.1 Å². The Hall–Kier alpha value is -1.13. The molecule has 0 saturated heterocycles. The molecular formula is C12H17N3S. The van der Waals surface area contributed by atoms with Crippen molar-refractivity contribution in [3.63, 3.8) is 0 Å². The fourth-order valence-electron chi connectivity index (χ4n) is 1.46. The van der Waals surface area contributed by atoms with E-state index in [1.54, 1.807) is 0 Å². The molecular weight excluding hydrogens is 218 g/mol. The molecule has 2 rings (SSSR count). The van der Waals surface area contributed by atoms with E-state index in [1.807, 2.05) is 34.5 Å². The maximum Gasteiger partial charge on any atom is 0.0752 e. The highest BCUT2D eigenvalue weighted by Crippen LogP contribution is 2.17. The van der Waals surface area contributed by atoms with Crippen molar-refractivity contribution < 1.29 is 0 Å². The summed E-state index contributed by atoms with van der Waals surface area (Å²) in [7, 11) is 0. The molecule has 3 nitrogen and oxygen atoms in total. The van der Waals surface area contributed by atoms with Gasteiger partial charge in [0, 0.05) is 34.7 Å². The van der Waals surface area contributed by atoms with Gasteiger partial charge in [0.2, 0.25) is 0 Å². The van der Waals surface area contributed by atoms with Crippen LogP contribution in [0.3, 0.4) is 0 Å². The molecule has 86 valence electrons. The highest BCUT2D eigenvalue weighted by atomic mass is 32.1. The quantitative estimate of drug-likeness (QED) is 0.863. The largest absolute Gasteiger partial charge is 0.310 e. The number of aromatic nitrogens is 2. The summed E-state index contributed by atoms with van der Waals surface area (Å²) in [4.78, 5) is 2.74. The van der Waals surface area contributed by atoms with Gasteiger partial charge >= 0.3 is 0 Å². The number of rotatable bonds is 5. The van der Waals surface area contributed by atoms with Crippen LogP contribution < -0.4 is 5.32 Å². The fraction of sp³-hybridized carbons (Fsp3) is 0.417. The molecule has 0 aliphatic rings. The molecule has 0 saturated carbocycles. The van der Waals surface area contributed by atoms with Crippen molar-refractivity contribution in [2.75, 3.05) is 0 Å². The van der Waals surface area contributed by atoms with E-state index in [4.69, 9.17) is 0 Å². The Morgan fingerprint density at radius 2 is 2.19 bits per heavy atom. The molecule has 1 N–H and O–H groups in total. The molecule has 2 heterocycles. The summed E-state index contributed by atoms with van der Waals surface area (Å²) >= 11 is 1.85. The van der Waals surface area contributed by atoms with Gasteiger partial charge in [0.25, 0.3) is 0 Å². The lowest BCUT2D eigenvalue weighted by Gasteiger charge is -2.05. The summed E-state index contributed by atoms with van der Waals surface area (Å²) in [5.74, 6) is 0. The summed E-state index contributed by atoms with van der Waals surface area (Å²) in [6.45, 7) is 6.16. The van der Waals surface area contributed by atoms with E-state index < -0.39 is 0 Å². The molecule has 0 radical (unpaired) electrons. The summed E-state index contributed by atoms with van der Waals surface area (Å²) in [5.41, 5.74) is 0. The molecule has 0 amide bonds. The monoisotopic (exact) mass is 235 g/mol. The smallest absolute Gasteiger partial charge is 0.0752 e. The van der Waals surface area contributed by atoms with E-state index in [2.05, 4.69) is 36.4 Å².